The highest BCUT2D eigenvalue weighted by molar-refractivity contribution is 7.19. The Morgan fingerprint density at radius 3 is 2.61 bits per heavy atom. The first-order valence-corrected chi connectivity index (χ1v) is 9.67. The molecule has 0 radical (unpaired) electrons. The lowest BCUT2D eigenvalue weighted by Crippen LogP contribution is -2.48. The Kier molecular flexibility index (Phi) is 3.81. The second kappa shape index (κ2) is 5.71. The van der Waals surface area contributed by atoms with E-state index in [2.05, 4.69) is 36.4 Å². The predicted molar refractivity (Wildman–Crippen MR) is 97.1 cm³/mol. The number of hydrogen-bond acceptors (Lipinski definition) is 4. The lowest BCUT2D eigenvalue weighted by molar-refractivity contribution is -0.897. The zero-order valence-electron chi connectivity index (χ0n) is 14.4. The fraction of sp³-hybridized carbons (Fsp3) is 0.667. The molecule has 2 aliphatic rings. The SMILES string of the molecule is C[N+](C)(C)C1CCC(Nc2ncnc3sc4c(c23)CCC4)CC1. The van der Waals surface area contributed by atoms with Crippen LogP contribution in [0.15, 0.2) is 6.33 Å². The third-order valence-corrected chi connectivity index (χ3v) is 6.83. The maximum absolute atomic E-state index is 4.60. The number of quaternary nitrogens is 1. The fourth-order valence-corrected chi connectivity index (χ4v) is 5.46. The third kappa shape index (κ3) is 2.85. The summed E-state index contributed by atoms with van der Waals surface area (Å²) in [4.78, 5) is 11.8. The lowest BCUT2D eigenvalue weighted by Gasteiger charge is -2.39. The van der Waals surface area contributed by atoms with Gasteiger partial charge in [-0.05, 0) is 37.7 Å². The molecule has 4 nitrogen and oxygen atoms in total. The molecule has 0 aromatic carbocycles. The van der Waals surface area contributed by atoms with Crippen molar-refractivity contribution in [2.24, 2.45) is 0 Å². The zero-order chi connectivity index (χ0) is 16.0. The van der Waals surface area contributed by atoms with E-state index < -0.39 is 0 Å². The molecule has 0 atom stereocenters. The molecular weight excluding hydrogens is 304 g/mol. The minimum absolute atomic E-state index is 0.563. The summed E-state index contributed by atoms with van der Waals surface area (Å²) in [6.07, 6.45) is 10.5. The van der Waals surface area contributed by atoms with E-state index in [1.165, 1.54) is 65.6 Å². The molecule has 0 bridgehead atoms. The summed E-state index contributed by atoms with van der Waals surface area (Å²) in [5.74, 6) is 1.09. The molecule has 0 unspecified atom stereocenters. The van der Waals surface area contributed by atoms with E-state index in [1.807, 2.05) is 11.3 Å². The molecule has 0 spiro atoms. The van der Waals surface area contributed by atoms with Crippen LogP contribution in [0.1, 0.15) is 42.5 Å². The molecule has 1 fully saturated rings. The van der Waals surface area contributed by atoms with Crippen molar-refractivity contribution in [3.63, 3.8) is 0 Å². The van der Waals surface area contributed by atoms with Gasteiger partial charge in [0.1, 0.15) is 17.0 Å². The third-order valence-electron chi connectivity index (χ3n) is 5.63. The van der Waals surface area contributed by atoms with E-state index in [-0.39, 0.29) is 0 Å². The van der Waals surface area contributed by atoms with E-state index in [4.69, 9.17) is 0 Å². The lowest BCUT2D eigenvalue weighted by atomic mass is 9.89. The average molecular weight is 332 g/mol. The van der Waals surface area contributed by atoms with Crippen molar-refractivity contribution in [3.05, 3.63) is 16.8 Å². The van der Waals surface area contributed by atoms with Gasteiger partial charge >= 0.3 is 0 Å². The Labute approximate surface area is 142 Å². The van der Waals surface area contributed by atoms with Gasteiger partial charge in [-0.25, -0.2) is 9.97 Å². The highest BCUT2D eigenvalue weighted by Crippen LogP contribution is 2.39. The molecule has 2 aliphatic carbocycles. The van der Waals surface area contributed by atoms with Gasteiger partial charge in [0.15, 0.2) is 0 Å². The van der Waals surface area contributed by atoms with Crippen LogP contribution in [0.25, 0.3) is 10.2 Å². The van der Waals surface area contributed by atoms with Crippen molar-refractivity contribution in [2.45, 2.75) is 57.0 Å². The van der Waals surface area contributed by atoms with Crippen molar-refractivity contribution in [2.75, 3.05) is 26.5 Å². The summed E-state index contributed by atoms with van der Waals surface area (Å²) in [6.45, 7) is 0. The smallest absolute Gasteiger partial charge is 0.138 e. The molecule has 4 rings (SSSR count). The highest BCUT2D eigenvalue weighted by Gasteiger charge is 2.30. The maximum atomic E-state index is 4.60. The van der Waals surface area contributed by atoms with E-state index in [1.54, 1.807) is 6.33 Å². The monoisotopic (exact) mass is 331 g/mol. The molecule has 0 amide bonds. The zero-order valence-corrected chi connectivity index (χ0v) is 15.2. The van der Waals surface area contributed by atoms with Crippen molar-refractivity contribution < 1.29 is 4.48 Å². The van der Waals surface area contributed by atoms with Crippen LogP contribution in [0, 0.1) is 0 Å². The van der Waals surface area contributed by atoms with Crippen LogP contribution in [0.3, 0.4) is 0 Å². The number of hydrogen-bond donors (Lipinski definition) is 1. The molecule has 0 aliphatic heterocycles. The number of nitrogens with zero attached hydrogens (tertiary/aromatic N) is 3. The summed E-state index contributed by atoms with van der Waals surface area (Å²) in [6, 6.07) is 1.36. The number of fused-ring (bicyclic) bond motifs is 3. The topological polar surface area (TPSA) is 37.8 Å². The number of thiophene rings is 1. The van der Waals surface area contributed by atoms with Crippen LogP contribution in [0.5, 0.6) is 0 Å². The largest absolute Gasteiger partial charge is 0.367 e. The normalized spacial score (nSPS) is 24.8. The summed E-state index contributed by atoms with van der Waals surface area (Å²) in [5.41, 5.74) is 1.52. The molecule has 2 aromatic heterocycles. The average Bonchev–Trinajstić information content (AvgIpc) is 3.07. The summed E-state index contributed by atoms with van der Waals surface area (Å²) >= 11 is 1.87. The molecule has 124 valence electrons. The Bertz CT molecular complexity index is 708. The van der Waals surface area contributed by atoms with Crippen LogP contribution in [0.2, 0.25) is 0 Å². The van der Waals surface area contributed by atoms with Gasteiger partial charge in [-0.2, -0.15) is 0 Å². The standard InChI is InChI=1S/C18H27N4S/c1-22(2,3)13-9-7-12(8-10-13)21-17-16-14-5-4-6-15(14)23-18(16)20-11-19-17/h11-13H,4-10H2,1-3H3,(H,19,20,21)/q+1. The summed E-state index contributed by atoms with van der Waals surface area (Å²) in [7, 11) is 6.96. The van der Waals surface area contributed by atoms with Crippen LogP contribution in [0.4, 0.5) is 5.82 Å². The van der Waals surface area contributed by atoms with Crippen molar-refractivity contribution in [1.29, 1.82) is 0 Å². The Balaban J connectivity index is 1.53. The summed E-state index contributed by atoms with van der Waals surface area (Å²) in [5, 5.41) is 5.08. The Hall–Kier alpha value is -1.20. The maximum Gasteiger partial charge on any atom is 0.138 e. The first kappa shape index (κ1) is 15.3. The molecule has 2 heterocycles. The number of aryl methyl sites for hydroxylation is 2. The second-order valence-corrected chi connectivity index (χ2v) is 9.11. The van der Waals surface area contributed by atoms with Gasteiger partial charge in [0.25, 0.3) is 0 Å². The first-order valence-electron chi connectivity index (χ1n) is 8.85. The van der Waals surface area contributed by atoms with Gasteiger partial charge in [0.2, 0.25) is 0 Å². The number of anilines is 1. The van der Waals surface area contributed by atoms with E-state index in [0.717, 1.165) is 16.3 Å². The molecule has 2 aromatic rings. The predicted octanol–water partition coefficient (Wildman–Crippen LogP) is 3.61. The van der Waals surface area contributed by atoms with Gasteiger partial charge in [-0.15, -0.1) is 11.3 Å². The van der Waals surface area contributed by atoms with E-state index in [0.29, 0.717) is 6.04 Å². The molecule has 1 N–H and O–H groups in total. The van der Waals surface area contributed by atoms with Gasteiger partial charge in [0, 0.05) is 23.8 Å². The van der Waals surface area contributed by atoms with Crippen molar-refractivity contribution in [1.82, 2.24) is 9.97 Å². The first-order chi connectivity index (χ1) is 11.0. The second-order valence-electron chi connectivity index (χ2n) is 8.03. The minimum Gasteiger partial charge on any atom is -0.367 e. The van der Waals surface area contributed by atoms with Crippen LogP contribution in [-0.2, 0) is 12.8 Å². The van der Waals surface area contributed by atoms with Gasteiger partial charge in [-0.1, -0.05) is 0 Å². The van der Waals surface area contributed by atoms with Crippen molar-refractivity contribution in [3.8, 4) is 0 Å². The van der Waals surface area contributed by atoms with Crippen LogP contribution >= 0.6 is 11.3 Å². The molecule has 23 heavy (non-hydrogen) atoms. The van der Waals surface area contributed by atoms with Crippen LogP contribution < -0.4 is 5.32 Å². The molecule has 5 heteroatoms. The molecule has 0 saturated heterocycles. The van der Waals surface area contributed by atoms with Gasteiger partial charge in [-0.3, -0.25) is 0 Å². The van der Waals surface area contributed by atoms with E-state index in [9.17, 15) is 0 Å². The van der Waals surface area contributed by atoms with Crippen LogP contribution in [-0.4, -0.2) is 47.7 Å². The fourth-order valence-electron chi connectivity index (χ4n) is 4.23. The van der Waals surface area contributed by atoms with E-state index >= 15 is 0 Å². The number of rotatable bonds is 3. The number of aromatic nitrogens is 2. The highest BCUT2D eigenvalue weighted by atomic mass is 32.1. The minimum atomic E-state index is 0.563. The van der Waals surface area contributed by atoms with Gasteiger partial charge < -0.3 is 9.80 Å². The Morgan fingerprint density at radius 2 is 1.87 bits per heavy atom. The quantitative estimate of drug-likeness (QED) is 0.873. The summed E-state index contributed by atoms with van der Waals surface area (Å²) < 4.78 is 1.09. The van der Waals surface area contributed by atoms with Crippen molar-refractivity contribution >= 4 is 27.4 Å². The molecule has 1 saturated carbocycles. The Morgan fingerprint density at radius 1 is 1.09 bits per heavy atom. The molecular formula is C18H27N4S+. The number of nitrogens with one attached hydrogen (secondary N) is 1. The van der Waals surface area contributed by atoms with Gasteiger partial charge in [0.05, 0.1) is 32.6 Å².